The molecular formula is C24H26FN5O3S. The molecule has 8 nitrogen and oxygen atoms in total. The molecule has 0 atom stereocenters. The Kier molecular flexibility index (Phi) is 6.92. The van der Waals surface area contributed by atoms with Gasteiger partial charge in [-0.2, -0.15) is 0 Å². The minimum absolute atomic E-state index is 0.0823. The fourth-order valence-corrected chi connectivity index (χ4v) is 4.28. The summed E-state index contributed by atoms with van der Waals surface area (Å²) in [6, 6.07) is 14.9. The Morgan fingerprint density at radius 3 is 2.21 bits per heavy atom. The first kappa shape index (κ1) is 23.8. The molecule has 0 unspecified atom stereocenters. The van der Waals surface area contributed by atoms with Crippen LogP contribution in [-0.4, -0.2) is 57.4 Å². The van der Waals surface area contributed by atoms with Gasteiger partial charge in [0.2, 0.25) is 10.0 Å². The number of anilines is 2. The van der Waals surface area contributed by atoms with Crippen molar-refractivity contribution in [2.45, 2.75) is 11.4 Å². The standard InChI is InChI=1S/C24H26FN5O3S/c1-28-12-14-29(15-13-28)23-11-2-18(16-27-23)17-30(21-7-5-20(25)6-8-21)24(31)19-3-9-22(10-4-19)34(26,32)33/h2-11,16H,12-15,17H2,1H3,(H2,26,32,33). The molecule has 0 saturated carbocycles. The SMILES string of the molecule is CN1CCN(c2ccc(CN(C(=O)c3ccc(S(N)(=O)=O)cc3)c3ccc(F)cc3)cn2)CC1. The number of hydrogen-bond acceptors (Lipinski definition) is 6. The first-order valence-electron chi connectivity index (χ1n) is 10.8. The molecule has 1 aliphatic heterocycles. The molecule has 10 heteroatoms. The van der Waals surface area contributed by atoms with E-state index in [0.717, 1.165) is 37.6 Å². The molecule has 1 fully saturated rings. The Balaban J connectivity index is 1.58. The number of piperazine rings is 1. The molecule has 1 aromatic heterocycles. The van der Waals surface area contributed by atoms with Crippen molar-refractivity contribution in [2.75, 3.05) is 43.0 Å². The maximum atomic E-state index is 13.5. The molecule has 2 heterocycles. The van der Waals surface area contributed by atoms with Crippen molar-refractivity contribution in [3.8, 4) is 0 Å². The van der Waals surface area contributed by atoms with Gasteiger partial charge in [0.25, 0.3) is 5.91 Å². The van der Waals surface area contributed by atoms with Crippen LogP contribution in [0.3, 0.4) is 0 Å². The Hall–Kier alpha value is -3.34. The van der Waals surface area contributed by atoms with E-state index in [4.69, 9.17) is 5.14 Å². The monoisotopic (exact) mass is 483 g/mol. The maximum Gasteiger partial charge on any atom is 0.258 e. The van der Waals surface area contributed by atoms with E-state index in [1.165, 1.54) is 53.4 Å². The Morgan fingerprint density at radius 1 is 1.00 bits per heavy atom. The molecular weight excluding hydrogens is 457 g/mol. The zero-order chi connectivity index (χ0) is 24.3. The number of hydrogen-bond donors (Lipinski definition) is 1. The van der Waals surface area contributed by atoms with Crippen molar-refractivity contribution in [1.29, 1.82) is 0 Å². The van der Waals surface area contributed by atoms with Crippen LogP contribution in [-0.2, 0) is 16.6 Å². The first-order valence-corrected chi connectivity index (χ1v) is 12.3. The van der Waals surface area contributed by atoms with Crippen LogP contribution in [0.4, 0.5) is 15.9 Å². The second-order valence-corrected chi connectivity index (χ2v) is 9.81. The number of primary sulfonamides is 1. The van der Waals surface area contributed by atoms with Crippen LogP contribution >= 0.6 is 0 Å². The number of rotatable bonds is 6. The molecule has 2 aromatic carbocycles. The van der Waals surface area contributed by atoms with Gasteiger partial charge in [-0.15, -0.1) is 0 Å². The van der Waals surface area contributed by atoms with Crippen molar-refractivity contribution in [3.05, 3.63) is 83.8 Å². The average molecular weight is 484 g/mol. The summed E-state index contributed by atoms with van der Waals surface area (Å²) < 4.78 is 36.6. The number of halogens is 1. The average Bonchev–Trinajstić information content (AvgIpc) is 2.83. The van der Waals surface area contributed by atoms with Gasteiger partial charge in [-0.3, -0.25) is 4.79 Å². The van der Waals surface area contributed by atoms with Gasteiger partial charge in [-0.05, 0) is 67.2 Å². The van der Waals surface area contributed by atoms with E-state index in [1.54, 1.807) is 6.20 Å². The van der Waals surface area contributed by atoms with Gasteiger partial charge in [-0.25, -0.2) is 22.9 Å². The summed E-state index contributed by atoms with van der Waals surface area (Å²) >= 11 is 0. The predicted octanol–water partition coefficient (Wildman–Crippen LogP) is 2.47. The van der Waals surface area contributed by atoms with E-state index in [-0.39, 0.29) is 22.9 Å². The van der Waals surface area contributed by atoms with Gasteiger partial charge >= 0.3 is 0 Å². The smallest absolute Gasteiger partial charge is 0.258 e. The predicted molar refractivity (Wildman–Crippen MR) is 129 cm³/mol. The minimum atomic E-state index is -3.87. The van der Waals surface area contributed by atoms with E-state index in [1.807, 2.05) is 12.1 Å². The third kappa shape index (κ3) is 5.58. The van der Waals surface area contributed by atoms with Crippen molar-refractivity contribution in [3.63, 3.8) is 0 Å². The molecule has 178 valence electrons. The second-order valence-electron chi connectivity index (χ2n) is 8.25. The molecule has 0 radical (unpaired) electrons. The topological polar surface area (TPSA) is 99.8 Å². The van der Waals surface area contributed by atoms with Gasteiger partial charge in [0.1, 0.15) is 11.6 Å². The quantitative estimate of drug-likeness (QED) is 0.578. The second kappa shape index (κ2) is 9.88. The number of nitrogens with zero attached hydrogens (tertiary/aromatic N) is 4. The number of carbonyl (C=O) groups excluding carboxylic acids is 1. The van der Waals surface area contributed by atoms with Gasteiger partial charge < -0.3 is 14.7 Å². The third-order valence-corrected chi connectivity index (χ3v) is 6.72. The zero-order valence-corrected chi connectivity index (χ0v) is 19.6. The van der Waals surface area contributed by atoms with Crippen molar-refractivity contribution < 1.29 is 17.6 Å². The molecule has 1 amide bonds. The number of likely N-dealkylation sites (N-methyl/N-ethyl adjacent to an activating group) is 1. The molecule has 0 aliphatic carbocycles. The summed E-state index contributed by atoms with van der Waals surface area (Å²) in [6.07, 6.45) is 1.74. The summed E-state index contributed by atoms with van der Waals surface area (Å²) in [5.74, 6) is 0.109. The maximum absolute atomic E-state index is 13.5. The molecule has 0 spiro atoms. The van der Waals surface area contributed by atoms with Gasteiger partial charge in [-0.1, -0.05) is 6.07 Å². The largest absolute Gasteiger partial charge is 0.354 e. The molecule has 2 N–H and O–H groups in total. The summed E-state index contributed by atoms with van der Waals surface area (Å²) in [5, 5.41) is 5.15. The molecule has 3 aromatic rings. The molecule has 4 rings (SSSR count). The Labute approximate surface area is 198 Å². The van der Waals surface area contributed by atoms with Crippen LogP contribution in [0.15, 0.2) is 71.8 Å². The minimum Gasteiger partial charge on any atom is -0.354 e. The van der Waals surface area contributed by atoms with E-state index in [0.29, 0.717) is 5.69 Å². The van der Waals surface area contributed by atoms with Crippen molar-refractivity contribution >= 4 is 27.4 Å². The van der Waals surface area contributed by atoms with E-state index in [9.17, 15) is 17.6 Å². The number of nitrogens with two attached hydrogens (primary N) is 1. The lowest BCUT2D eigenvalue weighted by Gasteiger charge is -2.33. The Bertz CT molecular complexity index is 1240. The highest BCUT2D eigenvalue weighted by atomic mass is 32.2. The van der Waals surface area contributed by atoms with Crippen LogP contribution in [0, 0.1) is 5.82 Å². The fraction of sp³-hybridized carbons (Fsp3) is 0.250. The highest BCUT2D eigenvalue weighted by Crippen LogP contribution is 2.22. The normalized spacial score (nSPS) is 14.7. The first-order chi connectivity index (χ1) is 16.2. The third-order valence-electron chi connectivity index (χ3n) is 5.79. The number of benzene rings is 2. The van der Waals surface area contributed by atoms with Gasteiger partial charge in [0, 0.05) is 43.6 Å². The molecule has 1 saturated heterocycles. The van der Waals surface area contributed by atoms with E-state index in [2.05, 4.69) is 21.8 Å². The lowest BCUT2D eigenvalue weighted by Crippen LogP contribution is -2.44. The zero-order valence-electron chi connectivity index (χ0n) is 18.8. The van der Waals surface area contributed by atoms with Gasteiger partial charge in [0.05, 0.1) is 11.4 Å². The summed E-state index contributed by atoms with van der Waals surface area (Å²) in [5.41, 5.74) is 1.58. The van der Waals surface area contributed by atoms with Gasteiger partial charge in [0.15, 0.2) is 0 Å². The molecule has 34 heavy (non-hydrogen) atoms. The lowest BCUT2D eigenvalue weighted by molar-refractivity contribution is 0.0985. The van der Waals surface area contributed by atoms with Crippen molar-refractivity contribution in [1.82, 2.24) is 9.88 Å². The molecule has 1 aliphatic rings. The van der Waals surface area contributed by atoms with Crippen LogP contribution in [0.25, 0.3) is 0 Å². The number of carbonyl (C=O) groups is 1. The highest BCUT2D eigenvalue weighted by Gasteiger charge is 2.20. The summed E-state index contributed by atoms with van der Waals surface area (Å²) in [4.78, 5) is 23.9. The van der Waals surface area contributed by atoms with Crippen LogP contribution in [0.2, 0.25) is 0 Å². The summed E-state index contributed by atoms with van der Waals surface area (Å²) in [6.45, 7) is 3.95. The van der Waals surface area contributed by atoms with E-state index < -0.39 is 15.8 Å². The summed E-state index contributed by atoms with van der Waals surface area (Å²) in [7, 11) is -1.77. The number of sulfonamides is 1. The van der Waals surface area contributed by atoms with Crippen LogP contribution in [0.5, 0.6) is 0 Å². The van der Waals surface area contributed by atoms with Crippen LogP contribution < -0.4 is 14.9 Å². The van der Waals surface area contributed by atoms with E-state index >= 15 is 0 Å². The Morgan fingerprint density at radius 2 is 1.65 bits per heavy atom. The number of pyridine rings is 1. The van der Waals surface area contributed by atoms with Crippen LogP contribution in [0.1, 0.15) is 15.9 Å². The van der Waals surface area contributed by atoms with Crippen molar-refractivity contribution in [2.24, 2.45) is 5.14 Å². The lowest BCUT2D eigenvalue weighted by atomic mass is 10.1. The highest BCUT2D eigenvalue weighted by molar-refractivity contribution is 7.89. The number of amides is 1. The fourth-order valence-electron chi connectivity index (χ4n) is 3.76. The number of aromatic nitrogens is 1. The molecule has 0 bridgehead atoms.